The Balaban J connectivity index is 1.98. The average Bonchev–Trinajstić information content (AvgIpc) is 2.46. The van der Waals surface area contributed by atoms with E-state index < -0.39 is 10.8 Å². The maximum absolute atomic E-state index is 12.1. The van der Waals surface area contributed by atoms with Crippen LogP contribution in [-0.4, -0.2) is 15.7 Å². The van der Waals surface area contributed by atoms with Crippen molar-refractivity contribution < 1.29 is 9.00 Å². The van der Waals surface area contributed by atoms with Crippen LogP contribution in [0.25, 0.3) is 0 Å². The summed E-state index contributed by atoms with van der Waals surface area (Å²) < 4.78 is 13.0. The fourth-order valence-electron chi connectivity index (χ4n) is 1.69. The van der Waals surface area contributed by atoms with Crippen LogP contribution in [0, 0.1) is 0 Å². The van der Waals surface area contributed by atoms with Crippen LogP contribution < -0.4 is 0 Å². The Morgan fingerprint density at radius 1 is 1.00 bits per heavy atom. The fourth-order valence-corrected chi connectivity index (χ4v) is 3.63. The summed E-state index contributed by atoms with van der Waals surface area (Å²) in [6.45, 7) is 0. The molecule has 0 aromatic heterocycles. The lowest BCUT2D eigenvalue weighted by Gasteiger charge is -2.04. The predicted molar refractivity (Wildman–Crippen MR) is 80.8 cm³/mol. The van der Waals surface area contributed by atoms with Gasteiger partial charge in [-0.2, -0.15) is 0 Å². The van der Waals surface area contributed by atoms with E-state index in [1.54, 1.807) is 12.1 Å². The van der Waals surface area contributed by atoms with E-state index in [1.807, 2.05) is 42.5 Å². The molecule has 0 heterocycles. The summed E-state index contributed by atoms with van der Waals surface area (Å²) >= 11 is 3.37. The Morgan fingerprint density at radius 2 is 1.63 bits per heavy atom. The molecule has 0 fully saturated rings. The second-order valence-corrected chi connectivity index (χ2v) is 6.41. The third-order valence-corrected chi connectivity index (χ3v) is 5.07. The molecule has 1 unspecified atom stereocenters. The van der Waals surface area contributed by atoms with Crippen LogP contribution in [0.4, 0.5) is 0 Å². The zero-order chi connectivity index (χ0) is 13.7. The van der Waals surface area contributed by atoms with E-state index in [-0.39, 0.29) is 12.2 Å². The third kappa shape index (κ3) is 3.85. The van der Waals surface area contributed by atoms with E-state index in [0.717, 1.165) is 9.37 Å². The van der Waals surface area contributed by atoms with Gasteiger partial charge in [-0.25, -0.2) is 0 Å². The van der Waals surface area contributed by atoms with Crippen molar-refractivity contribution in [1.82, 2.24) is 0 Å². The van der Waals surface area contributed by atoms with Gasteiger partial charge in [0.05, 0.1) is 15.7 Å². The van der Waals surface area contributed by atoms with Gasteiger partial charge in [-0.05, 0) is 28.1 Å². The number of halogens is 1. The molecule has 0 spiro atoms. The molecule has 0 aliphatic heterocycles. The Labute approximate surface area is 123 Å². The van der Waals surface area contributed by atoms with E-state index in [0.29, 0.717) is 11.3 Å². The highest BCUT2D eigenvalue weighted by molar-refractivity contribution is 9.10. The molecule has 98 valence electrons. The summed E-state index contributed by atoms with van der Waals surface area (Å²) in [7, 11) is -1.16. The van der Waals surface area contributed by atoms with Crippen molar-refractivity contribution in [3.63, 3.8) is 0 Å². The van der Waals surface area contributed by atoms with Gasteiger partial charge in [0.15, 0.2) is 5.78 Å². The van der Waals surface area contributed by atoms with Crippen LogP contribution in [0.5, 0.6) is 0 Å². The number of rotatable bonds is 5. The molecule has 0 saturated heterocycles. The van der Waals surface area contributed by atoms with Crippen molar-refractivity contribution in [3.05, 3.63) is 64.6 Å². The second kappa shape index (κ2) is 6.78. The van der Waals surface area contributed by atoms with Crippen LogP contribution in [0.1, 0.15) is 16.8 Å². The van der Waals surface area contributed by atoms with Gasteiger partial charge in [0, 0.05) is 22.2 Å². The van der Waals surface area contributed by atoms with E-state index in [1.165, 1.54) is 0 Å². The van der Waals surface area contributed by atoms with Gasteiger partial charge < -0.3 is 0 Å². The molecule has 0 aliphatic rings. The number of ketones is 1. The molecule has 0 radical (unpaired) electrons. The maximum Gasteiger partial charge on any atom is 0.163 e. The van der Waals surface area contributed by atoms with Crippen molar-refractivity contribution in [2.75, 3.05) is 5.75 Å². The Hall–Kier alpha value is -1.26. The van der Waals surface area contributed by atoms with E-state index in [4.69, 9.17) is 0 Å². The minimum atomic E-state index is -1.16. The summed E-state index contributed by atoms with van der Waals surface area (Å²) in [5.74, 6) is 0.372. The predicted octanol–water partition coefficient (Wildman–Crippen LogP) is 3.83. The molecule has 0 bridgehead atoms. The molecule has 2 nitrogen and oxygen atoms in total. The number of carbonyl (C=O) groups is 1. The zero-order valence-corrected chi connectivity index (χ0v) is 12.6. The molecule has 2 aromatic rings. The first-order valence-corrected chi connectivity index (χ1v) is 8.01. The van der Waals surface area contributed by atoms with Crippen LogP contribution in [-0.2, 0) is 10.8 Å². The second-order valence-electron chi connectivity index (χ2n) is 4.02. The molecule has 0 aliphatic carbocycles. The van der Waals surface area contributed by atoms with Crippen molar-refractivity contribution >= 4 is 32.5 Å². The smallest absolute Gasteiger partial charge is 0.163 e. The van der Waals surface area contributed by atoms with E-state index in [9.17, 15) is 9.00 Å². The number of benzene rings is 2. The highest BCUT2D eigenvalue weighted by atomic mass is 79.9. The normalized spacial score (nSPS) is 12.1. The SMILES string of the molecule is O=C(CCS(=O)c1ccccc1Br)c1ccccc1. The molecule has 2 aromatic carbocycles. The standard InChI is InChI=1S/C15H13BrO2S/c16-13-8-4-5-9-15(13)19(18)11-10-14(17)12-6-2-1-3-7-12/h1-9H,10-11H2. The highest BCUT2D eigenvalue weighted by Gasteiger charge is 2.11. The fraction of sp³-hybridized carbons (Fsp3) is 0.133. The van der Waals surface area contributed by atoms with Crippen LogP contribution in [0.15, 0.2) is 64.0 Å². The number of hydrogen-bond acceptors (Lipinski definition) is 2. The van der Waals surface area contributed by atoms with Crippen LogP contribution >= 0.6 is 15.9 Å². The summed E-state index contributed by atoms with van der Waals surface area (Å²) in [6.07, 6.45) is 0.290. The maximum atomic E-state index is 12.1. The Kier molecular flexibility index (Phi) is 5.05. The molecule has 19 heavy (non-hydrogen) atoms. The number of Topliss-reactive ketones (excluding diaryl/α,β-unsaturated/α-hetero) is 1. The minimum absolute atomic E-state index is 0.0287. The van der Waals surface area contributed by atoms with Crippen LogP contribution in [0.2, 0.25) is 0 Å². The molecule has 2 rings (SSSR count). The quantitative estimate of drug-likeness (QED) is 0.777. The summed E-state index contributed by atoms with van der Waals surface area (Å²) in [5, 5.41) is 0. The molecule has 1 atom stereocenters. The van der Waals surface area contributed by atoms with Gasteiger partial charge in [-0.1, -0.05) is 42.5 Å². The van der Waals surface area contributed by atoms with Crippen molar-refractivity contribution in [3.8, 4) is 0 Å². The van der Waals surface area contributed by atoms with Gasteiger partial charge in [0.1, 0.15) is 0 Å². The van der Waals surface area contributed by atoms with Gasteiger partial charge in [-0.3, -0.25) is 9.00 Å². The molecular formula is C15H13BrO2S. The van der Waals surface area contributed by atoms with Crippen molar-refractivity contribution in [2.45, 2.75) is 11.3 Å². The number of carbonyl (C=O) groups excluding carboxylic acids is 1. The summed E-state index contributed by atoms with van der Waals surface area (Å²) in [4.78, 5) is 12.7. The van der Waals surface area contributed by atoms with Crippen LogP contribution in [0.3, 0.4) is 0 Å². The first-order valence-electron chi connectivity index (χ1n) is 5.89. The summed E-state index contributed by atoms with van der Waals surface area (Å²) in [6, 6.07) is 16.5. The Bertz CT molecular complexity index is 596. The first-order chi connectivity index (χ1) is 9.18. The molecule has 0 saturated carbocycles. The molecule has 4 heteroatoms. The van der Waals surface area contributed by atoms with E-state index in [2.05, 4.69) is 15.9 Å². The molecular weight excluding hydrogens is 324 g/mol. The van der Waals surface area contributed by atoms with Gasteiger partial charge in [0.25, 0.3) is 0 Å². The van der Waals surface area contributed by atoms with Gasteiger partial charge >= 0.3 is 0 Å². The Morgan fingerprint density at radius 3 is 2.32 bits per heavy atom. The molecule has 0 N–H and O–H groups in total. The average molecular weight is 337 g/mol. The minimum Gasteiger partial charge on any atom is -0.294 e. The van der Waals surface area contributed by atoms with Gasteiger partial charge in [0.2, 0.25) is 0 Å². The van der Waals surface area contributed by atoms with Crippen molar-refractivity contribution in [2.24, 2.45) is 0 Å². The van der Waals surface area contributed by atoms with Gasteiger partial charge in [-0.15, -0.1) is 0 Å². The lowest BCUT2D eigenvalue weighted by Crippen LogP contribution is -2.06. The highest BCUT2D eigenvalue weighted by Crippen LogP contribution is 2.20. The molecule has 0 amide bonds. The third-order valence-electron chi connectivity index (χ3n) is 2.69. The number of hydrogen-bond donors (Lipinski definition) is 0. The monoisotopic (exact) mass is 336 g/mol. The zero-order valence-electron chi connectivity index (χ0n) is 10.2. The topological polar surface area (TPSA) is 34.1 Å². The lowest BCUT2D eigenvalue weighted by atomic mass is 10.1. The largest absolute Gasteiger partial charge is 0.294 e. The summed E-state index contributed by atoms with van der Waals surface area (Å²) in [5.41, 5.74) is 0.673. The van der Waals surface area contributed by atoms with E-state index >= 15 is 0 Å². The first kappa shape index (κ1) is 14.2. The lowest BCUT2D eigenvalue weighted by molar-refractivity contribution is 0.0989. The van der Waals surface area contributed by atoms with Crippen molar-refractivity contribution in [1.29, 1.82) is 0 Å².